The predicted octanol–water partition coefficient (Wildman–Crippen LogP) is 3.39. The van der Waals surface area contributed by atoms with Gasteiger partial charge in [0.2, 0.25) is 0 Å². The van der Waals surface area contributed by atoms with Crippen molar-refractivity contribution in [2.75, 3.05) is 6.54 Å². The highest BCUT2D eigenvalue weighted by molar-refractivity contribution is 5.78. The molecule has 1 aliphatic carbocycles. The zero-order valence-corrected chi connectivity index (χ0v) is 10.1. The Hall–Kier alpha value is -1.60. The minimum Gasteiger partial charge on any atom is -0.330 e. The van der Waals surface area contributed by atoms with E-state index in [4.69, 9.17) is 5.73 Å². The van der Waals surface area contributed by atoms with E-state index in [0.717, 1.165) is 6.54 Å². The molecular formula is C16H17N. The molecule has 17 heavy (non-hydrogen) atoms. The van der Waals surface area contributed by atoms with Crippen LogP contribution in [0.4, 0.5) is 0 Å². The molecule has 2 aromatic rings. The second-order valence-electron chi connectivity index (χ2n) is 4.87. The fourth-order valence-electron chi connectivity index (χ4n) is 2.94. The second kappa shape index (κ2) is 4.01. The standard InChI is InChI=1S/C16H17N/c1-11(10-17)16-14-8-4-2-6-12(14)13-7-3-5-9-15(13)16/h2-9,11,16H,10,17H2,1H3. The van der Waals surface area contributed by atoms with Crippen LogP contribution in [0.2, 0.25) is 0 Å². The Morgan fingerprint density at radius 1 is 0.941 bits per heavy atom. The lowest BCUT2D eigenvalue weighted by atomic mass is 9.85. The summed E-state index contributed by atoms with van der Waals surface area (Å²) in [5.74, 6) is 0.951. The van der Waals surface area contributed by atoms with Gasteiger partial charge in [0.1, 0.15) is 0 Å². The summed E-state index contributed by atoms with van der Waals surface area (Å²) < 4.78 is 0. The first kappa shape index (κ1) is 10.5. The molecule has 1 unspecified atom stereocenters. The molecule has 1 heteroatoms. The van der Waals surface area contributed by atoms with E-state index in [1.54, 1.807) is 0 Å². The molecule has 2 aromatic carbocycles. The van der Waals surface area contributed by atoms with Crippen LogP contribution in [0.1, 0.15) is 24.0 Å². The van der Waals surface area contributed by atoms with Crippen LogP contribution in [0.25, 0.3) is 11.1 Å². The summed E-state index contributed by atoms with van der Waals surface area (Å²) in [4.78, 5) is 0. The second-order valence-corrected chi connectivity index (χ2v) is 4.87. The Bertz CT molecular complexity index is 499. The Morgan fingerprint density at radius 3 is 1.88 bits per heavy atom. The fraction of sp³-hybridized carbons (Fsp3) is 0.250. The van der Waals surface area contributed by atoms with Gasteiger partial charge in [-0.1, -0.05) is 55.5 Å². The van der Waals surface area contributed by atoms with E-state index < -0.39 is 0 Å². The van der Waals surface area contributed by atoms with Gasteiger partial charge in [0.15, 0.2) is 0 Å². The maximum atomic E-state index is 5.87. The van der Waals surface area contributed by atoms with E-state index in [-0.39, 0.29) is 0 Å². The molecule has 2 N–H and O–H groups in total. The highest BCUT2D eigenvalue weighted by atomic mass is 14.6. The fourth-order valence-corrected chi connectivity index (χ4v) is 2.94. The highest BCUT2D eigenvalue weighted by Crippen LogP contribution is 2.47. The van der Waals surface area contributed by atoms with Gasteiger partial charge in [-0.15, -0.1) is 0 Å². The summed E-state index contributed by atoms with van der Waals surface area (Å²) in [6, 6.07) is 17.4. The van der Waals surface area contributed by atoms with Crippen molar-refractivity contribution in [3.63, 3.8) is 0 Å². The van der Waals surface area contributed by atoms with Crippen molar-refractivity contribution in [3.8, 4) is 11.1 Å². The van der Waals surface area contributed by atoms with Gasteiger partial charge < -0.3 is 5.73 Å². The zero-order chi connectivity index (χ0) is 11.8. The molecule has 1 atom stereocenters. The number of fused-ring (bicyclic) bond motifs is 3. The van der Waals surface area contributed by atoms with Crippen LogP contribution in [0.3, 0.4) is 0 Å². The van der Waals surface area contributed by atoms with Crippen molar-refractivity contribution in [1.29, 1.82) is 0 Å². The Kier molecular flexibility index (Phi) is 2.49. The molecule has 3 rings (SSSR count). The van der Waals surface area contributed by atoms with Gasteiger partial charge in [0, 0.05) is 5.92 Å². The molecule has 0 spiro atoms. The van der Waals surface area contributed by atoms with Crippen molar-refractivity contribution in [3.05, 3.63) is 59.7 Å². The molecule has 0 heterocycles. The smallest absolute Gasteiger partial charge is 0.0139 e. The van der Waals surface area contributed by atoms with Crippen molar-refractivity contribution in [2.24, 2.45) is 11.7 Å². The van der Waals surface area contributed by atoms with Crippen LogP contribution in [-0.2, 0) is 0 Å². The van der Waals surface area contributed by atoms with Crippen molar-refractivity contribution in [2.45, 2.75) is 12.8 Å². The predicted molar refractivity (Wildman–Crippen MR) is 71.9 cm³/mol. The molecule has 0 fully saturated rings. The first-order valence-corrected chi connectivity index (χ1v) is 6.21. The summed E-state index contributed by atoms with van der Waals surface area (Å²) >= 11 is 0. The zero-order valence-electron chi connectivity index (χ0n) is 10.1. The normalized spacial score (nSPS) is 15.4. The van der Waals surface area contributed by atoms with E-state index in [1.807, 2.05) is 0 Å². The third-order valence-electron chi connectivity index (χ3n) is 3.82. The molecule has 0 saturated carbocycles. The Balaban J connectivity index is 2.23. The van der Waals surface area contributed by atoms with Gasteiger partial charge in [-0.3, -0.25) is 0 Å². The van der Waals surface area contributed by atoms with Gasteiger partial charge in [0.05, 0.1) is 0 Å². The molecule has 0 bridgehead atoms. The minimum absolute atomic E-state index is 0.465. The first-order valence-electron chi connectivity index (χ1n) is 6.21. The third kappa shape index (κ3) is 1.50. The topological polar surface area (TPSA) is 26.0 Å². The van der Waals surface area contributed by atoms with Crippen LogP contribution in [0.5, 0.6) is 0 Å². The van der Waals surface area contributed by atoms with Gasteiger partial charge in [-0.25, -0.2) is 0 Å². The molecule has 86 valence electrons. The van der Waals surface area contributed by atoms with Crippen LogP contribution in [0, 0.1) is 5.92 Å². The summed E-state index contributed by atoms with van der Waals surface area (Å²) in [6.45, 7) is 2.97. The van der Waals surface area contributed by atoms with Crippen LogP contribution >= 0.6 is 0 Å². The van der Waals surface area contributed by atoms with E-state index in [1.165, 1.54) is 22.3 Å². The Labute approximate surface area is 102 Å². The number of benzene rings is 2. The van der Waals surface area contributed by atoms with Gasteiger partial charge in [-0.2, -0.15) is 0 Å². The van der Waals surface area contributed by atoms with Gasteiger partial charge in [-0.05, 0) is 34.7 Å². The molecule has 0 amide bonds. The quantitative estimate of drug-likeness (QED) is 0.829. The average molecular weight is 223 g/mol. The maximum absolute atomic E-state index is 5.87. The SMILES string of the molecule is CC(CN)C1c2ccccc2-c2ccccc21. The summed E-state index contributed by atoms with van der Waals surface area (Å²) in [5.41, 5.74) is 11.5. The molecular weight excluding hydrogens is 206 g/mol. The van der Waals surface area contributed by atoms with Crippen molar-refractivity contribution in [1.82, 2.24) is 0 Å². The first-order chi connectivity index (χ1) is 8.33. The number of hydrogen-bond donors (Lipinski definition) is 1. The van der Waals surface area contributed by atoms with Crippen LogP contribution in [0.15, 0.2) is 48.5 Å². The lowest BCUT2D eigenvalue weighted by Crippen LogP contribution is -2.18. The van der Waals surface area contributed by atoms with Crippen molar-refractivity contribution >= 4 is 0 Å². The molecule has 0 radical (unpaired) electrons. The number of hydrogen-bond acceptors (Lipinski definition) is 1. The number of nitrogens with two attached hydrogens (primary N) is 1. The largest absolute Gasteiger partial charge is 0.330 e. The summed E-state index contributed by atoms with van der Waals surface area (Å²) in [6.07, 6.45) is 0. The molecule has 1 nitrogen and oxygen atoms in total. The maximum Gasteiger partial charge on any atom is 0.0139 e. The van der Waals surface area contributed by atoms with E-state index in [9.17, 15) is 0 Å². The summed E-state index contributed by atoms with van der Waals surface area (Å²) in [5, 5.41) is 0. The molecule has 0 saturated heterocycles. The molecule has 0 aliphatic heterocycles. The Morgan fingerprint density at radius 2 is 1.41 bits per heavy atom. The lowest BCUT2D eigenvalue weighted by Gasteiger charge is -2.20. The molecule has 1 aliphatic rings. The van der Waals surface area contributed by atoms with E-state index >= 15 is 0 Å². The van der Waals surface area contributed by atoms with E-state index in [2.05, 4.69) is 55.5 Å². The molecule has 0 aromatic heterocycles. The van der Waals surface area contributed by atoms with Gasteiger partial charge >= 0.3 is 0 Å². The highest BCUT2D eigenvalue weighted by Gasteiger charge is 2.30. The van der Waals surface area contributed by atoms with Crippen LogP contribution in [-0.4, -0.2) is 6.54 Å². The van der Waals surface area contributed by atoms with Gasteiger partial charge in [0.25, 0.3) is 0 Å². The summed E-state index contributed by atoms with van der Waals surface area (Å²) in [7, 11) is 0. The third-order valence-corrected chi connectivity index (χ3v) is 3.82. The van der Waals surface area contributed by atoms with Crippen LogP contribution < -0.4 is 5.73 Å². The van der Waals surface area contributed by atoms with E-state index in [0.29, 0.717) is 11.8 Å². The average Bonchev–Trinajstić information content (AvgIpc) is 2.72. The lowest BCUT2D eigenvalue weighted by molar-refractivity contribution is 0.531. The monoisotopic (exact) mass is 223 g/mol. The number of rotatable bonds is 2. The minimum atomic E-state index is 0.465. The van der Waals surface area contributed by atoms with Crippen molar-refractivity contribution < 1.29 is 0 Å².